The quantitative estimate of drug-likeness (QED) is 0.755. The van der Waals surface area contributed by atoms with Crippen molar-refractivity contribution in [2.75, 3.05) is 5.32 Å². The minimum Gasteiger partial charge on any atom is -0.367 e. The molecule has 0 saturated heterocycles. The molecule has 1 aliphatic rings. The van der Waals surface area contributed by atoms with Gasteiger partial charge in [0.2, 0.25) is 0 Å². The van der Waals surface area contributed by atoms with Crippen LogP contribution in [0.25, 0.3) is 0 Å². The van der Waals surface area contributed by atoms with Crippen LogP contribution in [-0.2, 0) is 6.54 Å². The summed E-state index contributed by atoms with van der Waals surface area (Å²) in [6.07, 6.45) is 8.97. The number of anilines is 1. The molecule has 27 heavy (non-hydrogen) atoms. The molecule has 0 bridgehead atoms. The molecule has 5 nitrogen and oxygen atoms in total. The Kier molecular flexibility index (Phi) is 6.80. The molecule has 1 heterocycles. The molecule has 1 aromatic heterocycles. The Bertz CT molecular complexity index is 724. The van der Waals surface area contributed by atoms with Crippen molar-refractivity contribution in [3.05, 3.63) is 54.0 Å². The fourth-order valence-corrected chi connectivity index (χ4v) is 3.60. The first-order valence-corrected chi connectivity index (χ1v) is 10.1. The number of nitrogens with zero attached hydrogens (tertiary/aromatic N) is 3. The third-order valence-electron chi connectivity index (χ3n) is 5.17. The van der Waals surface area contributed by atoms with Crippen LogP contribution >= 0.6 is 0 Å². The first-order chi connectivity index (χ1) is 13.1. The zero-order valence-corrected chi connectivity index (χ0v) is 16.4. The fourth-order valence-electron chi connectivity index (χ4n) is 3.60. The number of carbonyl (C=O) groups is 1. The average Bonchev–Trinajstić information content (AvgIpc) is 2.95. The first-order valence-electron chi connectivity index (χ1n) is 10.1. The lowest BCUT2D eigenvalue weighted by Crippen LogP contribution is -2.37. The van der Waals surface area contributed by atoms with Gasteiger partial charge in [0, 0.05) is 24.7 Å². The second kappa shape index (κ2) is 9.49. The number of aromatic nitrogens is 2. The smallest absolute Gasteiger partial charge is 0.273 e. The normalized spacial score (nSPS) is 15.4. The molecule has 5 heteroatoms. The van der Waals surface area contributed by atoms with Crippen LogP contribution in [0.4, 0.5) is 5.82 Å². The van der Waals surface area contributed by atoms with Gasteiger partial charge in [0.25, 0.3) is 5.91 Å². The maximum Gasteiger partial charge on any atom is 0.273 e. The fraction of sp³-hybridized carbons (Fsp3) is 0.500. The molecule has 1 saturated carbocycles. The summed E-state index contributed by atoms with van der Waals surface area (Å²) in [5.74, 6) is 0.698. The van der Waals surface area contributed by atoms with E-state index in [9.17, 15) is 4.79 Å². The van der Waals surface area contributed by atoms with Gasteiger partial charge in [-0.25, -0.2) is 9.97 Å². The minimum absolute atomic E-state index is 0.0554. The van der Waals surface area contributed by atoms with Gasteiger partial charge < -0.3 is 10.2 Å². The Morgan fingerprint density at radius 3 is 2.48 bits per heavy atom. The second-order valence-electron chi connectivity index (χ2n) is 7.63. The van der Waals surface area contributed by atoms with Crippen LogP contribution in [0.1, 0.15) is 68.4 Å². The maximum atomic E-state index is 13.1. The van der Waals surface area contributed by atoms with E-state index in [1.54, 1.807) is 6.07 Å². The summed E-state index contributed by atoms with van der Waals surface area (Å²) in [5, 5.41) is 3.51. The lowest BCUT2D eigenvalue weighted by atomic mass is 10.1. The molecule has 1 aromatic carbocycles. The minimum atomic E-state index is -0.0554. The van der Waals surface area contributed by atoms with Crippen LogP contribution in [0.15, 0.2) is 42.7 Å². The molecular formula is C22H30N4O. The Morgan fingerprint density at radius 2 is 1.81 bits per heavy atom. The van der Waals surface area contributed by atoms with E-state index >= 15 is 0 Å². The average molecular weight is 367 g/mol. The first kappa shape index (κ1) is 19.3. The SMILES string of the molecule is CC(C)N(Cc1ccccc1)C(=O)c1cc(NC2CCCCCC2)ncn1. The van der Waals surface area contributed by atoms with E-state index in [0.29, 0.717) is 18.3 Å². The highest BCUT2D eigenvalue weighted by Gasteiger charge is 2.21. The van der Waals surface area contributed by atoms with Gasteiger partial charge in [-0.3, -0.25) is 4.79 Å². The number of hydrogen-bond donors (Lipinski definition) is 1. The van der Waals surface area contributed by atoms with E-state index in [1.807, 2.05) is 49.1 Å². The van der Waals surface area contributed by atoms with Crippen molar-refractivity contribution < 1.29 is 4.79 Å². The van der Waals surface area contributed by atoms with Gasteiger partial charge in [0.15, 0.2) is 0 Å². The summed E-state index contributed by atoms with van der Waals surface area (Å²) in [6, 6.07) is 12.4. The maximum absolute atomic E-state index is 13.1. The Labute approximate surface area is 162 Å². The molecule has 3 rings (SSSR count). The summed E-state index contributed by atoms with van der Waals surface area (Å²) < 4.78 is 0. The molecule has 0 spiro atoms. The highest BCUT2D eigenvalue weighted by Crippen LogP contribution is 2.21. The third kappa shape index (κ3) is 5.52. The number of nitrogens with one attached hydrogen (secondary N) is 1. The predicted molar refractivity (Wildman–Crippen MR) is 109 cm³/mol. The Balaban J connectivity index is 1.72. The molecule has 0 aliphatic heterocycles. The van der Waals surface area contributed by atoms with Crippen molar-refractivity contribution in [2.45, 2.75) is 71.0 Å². The van der Waals surface area contributed by atoms with Crippen LogP contribution < -0.4 is 5.32 Å². The van der Waals surface area contributed by atoms with E-state index in [4.69, 9.17) is 0 Å². The standard InChI is InChI=1S/C22H30N4O/c1-17(2)26(15-18-10-6-5-7-11-18)22(27)20-14-21(24-16-23-20)25-19-12-8-3-4-9-13-19/h5-7,10-11,14,16-17,19H,3-4,8-9,12-13,15H2,1-2H3,(H,23,24,25). The molecule has 1 aliphatic carbocycles. The molecule has 1 fully saturated rings. The van der Waals surface area contributed by atoms with Crippen molar-refractivity contribution in [1.82, 2.24) is 14.9 Å². The highest BCUT2D eigenvalue weighted by atomic mass is 16.2. The number of amides is 1. The lowest BCUT2D eigenvalue weighted by Gasteiger charge is -2.27. The van der Waals surface area contributed by atoms with E-state index < -0.39 is 0 Å². The van der Waals surface area contributed by atoms with Gasteiger partial charge in [-0.2, -0.15) is 0 Å². The van der Waals surface area contributed by atoms with Crippen molar-refractivity contribution in [3.63, 3.8) is 0 Å². The number of benzene rings is 1. The van der Waals surface area contributed by atoms with Crippen molar-refractivity contribution in [2.24, 2.45) is 0 Å². The van der Waals surface area contributed by atoms with Gasteiger partial charge in [-0.15, -0.1) is 0 Å². The van der Waals surface area contributed by atoms with Crippen LogP contribution in [0.2, 0.25) is 0 Å². The monoisotopic (exact) mass is 366 g/mol. The van der Waals surface area contributed by atoms with Gasteiger partial charge in [0.1, 0.15) is 17.8 Å². The summed E-state index contributed by atoms with van der Waals surface area (Å²) in [4.78, 5) is 23.5. The molecule has 1 amide bonds. The topological polar surface area (TPSA) is 58.1 Å². The van der Waals surface area contributed by atoms with E-state index in [2.05, 4.69) is 15.3 Å². The van der Waals surface area contributed by atoms with Crippen LogP contribution in [0.3, 0.4) is 0 Å². The zero-order valence-electron chi connectivity index (χ0n) is 16.4. The summed E-state index contributed by atoms with van der Waals surface area (Å²) >= 11 is 0. The van der Waals surface area contributed by atoms with Crippen LogP contribution in [0, 0.1) is 0 Å². The van der Waals surface area contributed by atoms with Gasteiger partial charge in [-0.1, -0.05) is 56.0 Å². The molecule has 2 aromatic rings. The predicted octanol–water partition coefficient (Wildman–Crippen LogP) is 4.66. The molecule has 0 atom stereocenters. The van der Waals surface area contributed by atoms with Crippen LogP contribution in [-0.4, -0.2) is 32.9 Å². The van der Waals surface area contributed by atoms with E-state index in [-0.39, 0.29) is 11.9 Å². The Hall–Kier alpha value is -2.43. The Morgan fingerprint density at radius 1 is 1.11 bits per heavy atom. The third-order valence-corrected chi connectivity index (χ3v) is 5.17. The summed E-state index contributed by atoms with van der Waals surface area (Å²) in [7, 11) is 0. The zero-order chi connectivity index (χ0) is 19.1. The molecule has 144 valence electrons. The van der Waals surface area contributed by atoms with Crippen molar-refractivity contribution >= 4 is 11.7 Å². The van der Waals surface area contributed by atoms with Crippen LogP contribution in [0.5, 0.6) is 0 Å². The highest BCUT2D eigenvalue weighted by molar-refractivity contribution is 5.93. The van der Waals surface area contributed by atoms with Crippen molar-refractivity contribution in [3.8, 4) is 0 Å². The lowest BCUT2D eigenvalue weighted by molar-refractivity contribution is 0.0684. The van der Waals surface area contributed by atoms with E-state index in [0.717, 1.165) is 11.4 Å². The second-order valence-corrected chi connectivity index (χ2v) is 7.63. The number of hydrogen-bond acceptors (Lipinski definition) is 4. The summed E-state index contributed by atoms with van der Waals surface area (Å²) in [5.41, 5.74) is 1.57. The van der Waals surface area contributed by atoms with Gasteiger partial charge >= 0.3 is 0 Å². The van der Waals surface area contributed by atoms with Gasteiger partial charge in [-0.05, 0) is 32.3 Å². The number of rotatable bonds is 6. The molecule has 1 N–H and O–H groups in total. The summed E-state index contributed by atoms with van der Waals surface area (Å²) in [6.45, 7) is 4.65. The van der Waals surface area contributed by atoms with Crippen molar-refractivity contribution in [1.29, 1.82) is 0 Å². The van der Waals surface area contributed by atoms with Gasteiger partial charge in [0.05, 0.1) is 0 Å². The molecule has 0 radical (unpaired) electrons. The number of carbonyl (C=O) groups excluding carboxylic acids is 1. The molecular weight excluding hydrogens is 336 g/mol. The molecule has 0 unspecified atom stereocenters. The van der Waals surface area contributed by atoms with E-state index in [1.165, 1.54) is 44.9 Å². The largest absolute Gasteiger partial charge is 0.367 e.